The van der Waals surface area contributed by atoms with Crippen molar-refractivity contribution in [2.45, 2.75) is 6.92 Å². The molecule has 3 heteroatoms. The summed E-state index contributed by atoms with van der Waals surface area (Å²) in [6.07, 6.45) is 2.29. The lowest BCUT2D eigenvalue weighted by Crippen LogP contribution is -1.91. The van der Waals surface area contributed by atoms with Gasteiger partial charge in [-0.05, 0) is 29.7 Å². The van der Waals surface area contributed by atoms with Crippen molar-refractivity contribution in [3.05, 3.63) is 53.7 Å². The number of allylic oxidation sites excluding steroid dienone is 2. The third-order valence-corrected chi connectivity index (χ3v) is 2.24. The van der Waals surface area contributed by atoms with Crippen molar-refractivity contribution >= 4 is 18.1 Å². The number of aryl methyl sites for hydroxylation is 1. The Labute approximate surface area is 100 Å². The van der Waals surface area contributed by atoms with Gasteiger partial charge in [0, 0.05) is 11.8 Å². The molecule has 3 nitrogen and oxygen atoms in total. The lowest BCUT2D eigenvalue weighted by Gasteiger charge is -2.05. The van der Waals surface area contributed by atoms with Gasteiger partial charge in [0.05, 0.1) is 0 Å². The van der Waals surface area contributed by atoms with E-state index < -0.39 is 0 Å². The van der Waals surface area contributed by atoms with Crippen molar-refractivity contribution in [2.75, 3.05) is 0 Å². The molecule has 0 radical (unpaired) electrons. The monoisotopic (exact) mass is 224 g/mol. The van der Waals surface area contributed by atoms with E-state index in [2.05, 4.69) is 18.2 Å². The second-order valence-corrected chi connectivity index (χ2v) is 3.53. The quantitative estimate of drug-likeness (QED) is 0.448. The van der Waals surface area contributed by atoms with Crippen LogP contribution in [0.25, 0.3) is 5.57 Å². The Bertz CT molecular complexity index is 548. The first-order valence-electron chi connectivity index (χ1n) is 4.96. The highest BCUT2D eigenvalue weighted by atomic mass is 16.1. The summed E-state index contributed by atoms with van der Waals surface area (Å²) in [5, 5.41) is 8.51. The number of nitrogens with zero attached hydrogens (tertiary/aromatic N) is 2. The summed E-state index contributed by atoms with van der Waals surface area (Å²) < 4.78 is 0. The van der Waals surface area contributed by atoms with E-state index in [0.29, 0.717) is 11.1 Å². The van der Waals surface area contributed by atoms with Crippen molar-refractivity contribution in [1.29, 1.82) is 5.26 Å². The summed E-state index contributed by atoms with van der Waals surface area (Å²) in [7, 11) is 0. The number of rotatable bonds is 4. The summed E-state index contributed by atoms with van der Waals surface area (Å²) in [6, 6.07) is 7.13. The summed E-state index contributed by atoms with van der Waals surface area (Å²) in [5.41, 5.74) is 3.26. The molecule has 17 heavy (non-hydrogen) atoms. The van der Waals surface area contributed by atoms with Crippen molar-refractivity contribution in [1.82, 2.24) is 0 Å². The van der Waals surface area contributed by atoms with Crippen LogP contribution in [-0.2, 0) is 0 Å². The van der Waals surface area contributed by atoms with Crippen LogP contribution in [0.1, 0.15) is 21.5 Å². The fourth-order valence-corrected chi connectivity index (χ4v) is 1.37. The smallest absolute Gasteiger partial charge is 0.150 e. The van der Waals surface area contributed by atoms with E-state index in [9.17, 15) is 4.79 Å². The largest absolute Gasteiger partial charge is 0.298 e. The lowest BCUT2D eigenvalue weighted by molar-refractivity contribution is 0.112. The van der Waals surface area contributed by atoms with E-state index in [4.69, 9.17) is 5.26 Å². The molecule has 0 spiro atoms. The maximum Gasteiger partial charge on any atom is 0.150 e. The number of hydrogen-bond donors (Lipinski definition) is 0. The number of aliphatic imine (C=N–C) groups is 1. The molecule has 0 aliphatic carbocycles. The van der Waals surface area contributed by atoms with Gasteiger partial charge >= 0.3 is 0 Å². The molecular weight excluding hydrogens is 212 g/mol. The maximum atomic E-state index is 10.6. The molecule has 84 valence electrons. The number of carbonyl (C=O) groups excluding carboxylic acids is 1. The molecular formula is C14H12N2O. The third kappa shape index (κ3) is 3.25. The Hall–Kier alpha value is -2.47. The zero-order valence-corrected chi connectivity index (χ0v) is 9.60. The number of hydrogen-bond acceptors (Lipinski definition) is 3. The normalized spacial score (nSPS) is 9.88. The van der Waals surface area contributed by atoms with Crippen LogP contribution >= 0.6 is 0 Å². The van der Waals surface area contributed by atoms with E-state index in [-0.39, 0.29) is 5.70 Å². The van der Waals surface area contributed by atoms with E-state index in [0.717, 1.165) is 17.4 Å². The number of benzene rings is 1. The predicted octanol–water partition coefficient (Wildman–Crippen LogP) is 2.93. The highest BCUT2D eigenvalue weighted by molar-refractivity contribution is 6.09. The van der Waals surface area contributed by atoms with Gasteiger partial charge in [-0.3, -0.25) is 4.79 Å². The van der Waals surface area contributed by atoms with Gasteiger partial charge in [0.2, 0.25) is 0 Å². The van der Waals surface area contributed by atoms with Crippen LogP contribution in [0.5, 0.6) is 0 Å². The average molecular weight is 224 g/mol. The number of nitriles is 1. The molecule has 0 aliphatic heterocycles. The minimum atomic E-state index is 0.133. The SMILES string of the molecule is C=C(C#N)/N=C/C(=C)c1ccc(C=O)cc1C. The third-order valence-electron chi connectivity index (χ3n) is 2.24. The van der Waals surface area contributed by atoms with Gasteiger partial charge in [-0.15, -0.1) is 0 Å². The Morgan fingerprint density at radius 1 is 1.47 bits per heavy atom. The fraction of sp³-hybridized carbons (Fsp3) is 0.0714. The molecule has 0 unspecified atom stereocenters. The average Bonchev–Trinajstić information content (AvgIpc) is 2.35. The summed E-state index contributed by atoms with van der Waals surface area (Å²) >= 11 is 0. The first kappa shape index (κ1) is 12.6. The zero-order valence-electron chi connectivity index (χ0n) is 9.60. The van der Waals surface area contributed by atoms with Crippen molar-refractivity contribution in [3.63, 3.8) is 0 Å². The molecule has 0 saturated carbocycles. The highest BCUT2D eigenvalue weighted by Crippen LogP contribution is 2.17. The van der Waals surface area contributed by atoms with E-state index in [1.165, 1.54) is 6.21 Å². The van der Waals surface area contributed by atoms with Crippen LogP contribution in [0.4, 0.5) is 0 Å². The minimum absolute atomic E-state index is 0.133. The van der Waals surface area contributed by atoms with Crippen molar-refractivity contribution in [3.8, 4) is 6.07 Å². The highest BCUT2D eigenvalue weighted by Gasteiger charge is 2.02. The second kappa shape index (κ2) is 5.57. The molecule has 0 saturated heterocycles. The van der Waals surface area contributed by atoms with Gasteiger partial charge < -0.3 is 0 Å². The molecule has 0 N–H and O–H groups in total. The Balaban J connectivity index is 2.98. The van der Waals surface area contributed by atoms with Gasteiger partial charge in [-0.1, -0.05) is 25.3 Å². The van der Waals surface area contributed by atoms with E-state index >= 15 is 0 Å². The first-order valence-corrected chi connectivity index (χ1v) is 4.96. The molecule has 0 heterocycles. The van der Waals surface area contributed by atoms with Crippen molar-refractivity contribution in [2.24, 2.45) is 4.99 Å². The molecule has 1 aromatic rings. The molecule has 0 atom stereocenters. The van der Waals surface area contributed by atoms with E-state index in [1.807, 2.05) is 19.1 Å². The molecule has 0 bridgehead atoms. The van der Waals surface area contributed by atoms with Gasteiger partial charge in [0.15, 0.2) is 0 Å². The van der Waals surface area contributed by atoms with Crippen LogP contribution in [0.3, 0.4) is 0 Å². The minimum Gasteiger partial charge on any atom is -0.298 e. The van der Waals surface area contributed by atoms with Crippen LogP contribution in [0, 0.1) is 18.3 Å². The number of aldehydes is 1. The molecule has 1 aromatic carbocycles. The van der Waals surface area contributed by atoms with Crippen molar-refractivity contribution < 1.29 is 4.79 Å². The zero-order chi connectivity index (χ0) is 12.8. The van der Waals surface area contributed by atoms with Gasteiger partial charge in [-0.25, -0.2) is 4.99 Å². The van der Waals surface area contributed by atoms with Crippen LogP contribution in [0.15, 0.2) is 42.0 Å². The van der Waals surface area contributed by atoms with Gasteiger partial charge in [0.1, 0.15) is 18.1 Å². The molecule has 0 fully saturated rings. The topological polar surface area (TPSA) is 53.2 Å². The summed E-state index contributed by atoms with van der Waals surface area (Å²) in [4.78, 5) is 14.5. The van der Waals surface area contributed by atoms with Crippen LogP contribution in [0.2, 0.25) is 0 Å². The van der Waals surface area contributed by atoms with Crippen LogP contribution < -0.4 is 0 Å². The van der Waals surface area contributed by atoms with Gasteiger partial charge in [-0.2, -0.15) is 5.26 Å². The molecule has 0 aliphatic rings. The molecule has 1 rings (SSSR count). The summed E-state index contributed by atoms with van der Waals surface area (Å²) in [6.45, 7) is 9.19. The van der Waals surface area contributed by atoms with Crippen LogP contribution in [-0.4, -0.2) is 12.5 Å². The fourth-order valence-electron chi connectivity index (χ4n) is 1.37. The maximum absolute atomic E-state index is 10.6. The number of carbonyl (C=O) groups is 1. The Morgan fingerprint density at radius 3 is 2.71 bits per heavy atom. The predicted molar refractivity (Wildman–Crippen MR) is 68.8 cm³/mol. The molecule has 0 aromatic heterocycles. The standard InChI is InChI=1S/C14H12N2O/c1-10-6-13(9-17)4-5-14(10)11(2)8-16-12(3)7-15/h4-6,8-9H,2-3H2,1H3/b16-8+. The van der Waals surface area contributed by atoms with E-state index in [1.54, 1.807) is 12.1 Å². The Morgan fingerprint density at radius 2 is 2.18 bits per heavy atom. The first-order chi connectivity index (χ1) is 8.08. The summed E-state index contributed by atoms with van der Waals surface area (Å²) in [5.74, 6) is 0. The molecule has 0 amide bonds. The second-order valence-electron chi connectivity index (χ2n) is 3.53. The lowest BCUT2D eigenvalue weighted by atomic mass is 10.0. The van der Waals surface area contributed by atoms with Gasteiger partial charge in [0.25, 0.3) is 0 Å². The Kier molecular flexibility index (Phi) is 4.13.